The van der Waals surface area contributed by atoms with E-state index in [-0.39, 0.29) is 0 Å². The van der Waals surface area contributed by atoms with Crippen LogP contribution in [0.2, 0.25) is 0 Å². The van der Waals surface area contributed by atoms with Gasteiger partial charge < -0.3 is 0 Å². The van der Waals surface area contributed by atoms with E-state index in [4.69, 9.17) is 0 Å². The molecule has 0 amide bonds. The molecule has 0 aromatic heterocycles. The Morgan fingerprint density at radius 3 is 0.900 bits per heavy atom. The SMILES string of the molecule is c1ccc(-c2cccc(-c3cc(-c4ccccc4)cc(-c4ccccc4)c3)c2)cc1. The molecule has 142 valence electrons. The molecule has 0 aliphatic carbocycles. The fraction of sp³-hybridized carbons (Fsp3) is 0. The highest BCUT2D eigenvalue weighted by atomic mass is 14.1. The van der Waals surface area contributed by atoms with Gasteiger partial charge in [0.1, 0.15) is 0 Å². The van der Waals surface area contributed by atoms with Gasteiger partial charge in [0.2, 0.25) is 0 Å². The highest BCUT2D eigenvalue weighted by Gasteiger charge is 2.08. The number of rotatable bonds is 4. The molecular formula is C30H22. The first-order chi connectivity index (χ1) is 14.9. The van der Waals surface area contributed by atoms with Crippen molar-refractivity contribution in [3.8, 4) is 44.5 Å². The Bertz CT molecular complexity index is 1200. The summed E-state index contributed by atoms with van der Waals surface area (Å²) in [5.74, 6) is 0. The van der Waals surface area contributed by atoms with Gasteiger partial charge in [-0.3, -0.25) is 0 Å². The molecule has 0 N–H and O–H groups in total. The molecule has 0 spiro atoms. The summed E-state index contributed by atoms with van der Waals surface area (Å²) in [5, 5.41) is 0. The second-order valence-corrected chi connectivity index (χ2v) is 7.48. The molecule has 5 aromatic rings. The van der Waals surface area contributed by atoms with Crippen molar-refractivity contribution in [2.75, 3.05) is 0 Å². The molecule has 0 heteroatoms. The largest absolute Gasteiger partial charge is 0.0622 e. The Morgan fingerprint density at radius 2 is 0.467 bits per heavy atom. The van der Waals surface area contributed by atoms with E-state index < -0.39 is 0 Å². The molecule has 0 unspecified atom stereocenters. The molecule has 0 saturated carbocycles. The average Bonchev–Trinajstić information content (AvgIpc) is 2.85. The van der Waals surface area contributed by atoms with Crippen LogP contribution in [0.3, 0.4) is 0 Å². The molecule has 5 rings (SSSR count). The summed E-state index contributed by atoms with van der Waals surface area (Å²) in [4.78, 5) is 0. The van der Waals surface area contributed by atoms with Gasteiger partial charge in [0.25, 0.3) is 0 Å². The van der Waals surface area contributed by atoms with Crippen LogP contribution in [0.25, 0.3) is 44.5 Å². The lowest BCUT2D eigenvalue weighted by molar-refractivity contribution is 1.56. The third kappa shape index (κ3) is 3.81. The second-order valence-electron chi connectivity index (χ2n) is 7.48. The van der Waals surface area contributed by atoms with Crippen molar-refractivity contribution >= 4 is 0 Å². The van der Waals surface area contributed by atoms with Gasteiger partial charge in [0.05, 0.1) is 0 Å². The summed E-state index contributed by atoms with van der Waals surface area (Å²) in [7, 11) is 0. The minimum Gasteiger partial charge on any atom is -0.0622 e. The first-order valence-electron chi connectivity index (χ1n) is 10.3. The third-order valence-electron chi connectivity index (χ3n) is 5.45. The van der Waals surface area contributed by atoms with Gasteiger partial charge in [0.15, 0.2) is 0 Å². The van der Waals surface area contributed by atoms with E-state index in [1.807, 2.05) is 0 Å². The van der Waals surface area contributed by atoms with E-state index in [0.29, 0.717) is 0 Å². The number of hydrogen-bond acceptors (Lipinski definition) is 0. The summed E-state index contributed by atoms with van der Waals surface area (Å²) >= 11 is 0. The Balaban J connectivity index is 1.67. The smallest absolute Gasteiger partial charge is 0.0171 e. The molecule has 0 heterocycles. The normalized spacial score (nSPS) is 10.7. The van der Waals surface area contributed by atoms with Crippen LogP contribution in [0.5, 0.6) is 0 Å². The van der Waals surface area contributed by atoms with Crippen molar-refractivity contribution in [2.24, 2.45) is 0 Å². The Kier molecular flexibility index (Phi) is 4.98. The van der Waals surface area contributed by atoms with Crippen LogP contribution in [-0.2, 0) is 0 Å². The zero-order valence-electron chi connectivity index (χ0n) is 16.7. The van der Waals surface area contributed by atoms with Gasteiger partial charge in [-0.15, -0.1) is 0 Å². The van der Waals surface area contributed by atoms with Gasteiger partial charge in [0, 0.05) is 0 Å². The van der Waals surface area contributed by atoms with Crippen LogP contribution in [0, 0.1) is 0 Å². The van der Waals surface area contributed by atoms with Crippen LogP contribution in [0.4, 0.5) is 0 Å². The van der Waals surface area contributed by atoms with Crippen LogP contribution in [-0.4, -0.2) is 0 Å². The Labute approximate surface area is 178 Å². The molecule has 0 bridgehead atoms. The average molecular weight is 383 g/mol. The van der Waals surface area contributed by atoms with Crippen molar-refractivity contribution in [3.63, 3.8) is 0 Å². The van der Waals surface area contributed by atoms with Crippen molar-refractivity contribution in [3.05, 3.63) is 133 Å². The quantitative estimate of drug-likeness (QED) is 0.293. The van der Waals surface area contributed by atoms with Crippen molar-refractivity contribution < 1.29 is 0 Å². The summed E-state index contributed by atoms with van der Waals surface area (Å²) in [6.45, 7) is 0. The van der Waals surface area contributed by atoms with Gasteiger partial charge in [-0.25, -0.2) is 0 Å². The molecule has 0 nitrogen and oxygen atoms in total. The maximum atomic E-state index is 2.30. The zero-order chi connectivity index (χ0) is 20.2. The Hall–Kier alpha value is -3.90. The minimum absolute atomic E-state index is 1.23. The molecule has 0 aliphatic rings. The minimum atomic E-state index is 1.23. The van der Waals surface area contributed by atoms with Crippen molar-refractivity contribution in [2.45, 2.75) is 0 Å². The summed E-state index contributed by atoms with van der Waals surface area (Å²) in [5.41, 5.74) is 9.86. The van der Waals surface area contributed by atoms with Crippen molar-refractivity contribution in [1.82, 2.24) is 0 Å². The van der Waals surface area contributed by atoms with Crippen LogP contribution in [0.15, 0.2) is 133 Å². The van der Waals surface area contributed by atoms with Crippen molar-refractivity contribution in [1.29, 1.82) is 0 Å². The Morgan fingerprint density at radius 1 is 0.200 bits per heavy atom. The van der Waals surface area contributed by atoms with E-state index in [9.17, 15) is 0 Å². The molecular weight excluding hydrogens is 360 g/mol. The summed E-state index contributed by atoms with van der Waals surface area (Å²) in [6.07, 6.45) is 0. The molecule has 0 fully saturated rings. The highest BCUT2D eigenvalue weighted by Crippen LogP contribution is 2.34. The first kappa shape index (κ1) is 18.1. The predicted molar refractivity (Wildman–Crippen MR) is 128 cm³/mol. The monoisotopic (exact) mass is 382 g/mol. The maximum Gasteiger partial charge on any atom is -0.0171 e. The van der Waals surface area contributed by atoms with Crippen LogP contribution < -0.4 is 0 Å². The van der Waals surface area contributed by atoms with Gasteiger partial charge in [-0.2, -0.15) is 0 Å². The van der Waals surface area contributed by atoms with E-state index in [1.165, 1.54) is 44.5 Å². The number of benzene rings is 5. The molecule has 0 radical (unpaired) electrons. The molecule has 30 heavy (non-hydrogen) atoms. The van der Waals surface area contributed by atoms with Gasteiger partial charge in [-0.05, 0) is 68.8 Å². The maximum absolute atomic E-state index is 2.30. The molecule has 0 saturated heterocycles. The van der Waals surface area contributed by atoms with Gasteiger partial charge in [-0.1, -0.05) is 109 Å². The molecule has 5 aromatic carbocycles. The fourth-order valence-corrected chi connectivity index (χ4v) is 3.90. The third-order valence-corrected chi connectivity index (χ3v) is 5.45. The van der Waals surface area contributed by atoms with E-state index >= 15 is 0 Å². The zero-order valence-corrected chi connectivity index (χ0v) is 16.7. The lowest BCUT2D eigenvalue weighted by Crippen LogP contribution is -1.87. The molecule has 0 aliphatic heterocycles. The topological polar surface area (TPSA) is 0 Å². The lowest BCUT2D eigenvalue weighted by Gasteiger charge is -2.12. The van der Waals surface area contributed by atoms with E-state index in [2.05, 4.69) is 133 Å². The van der Waals surface area contributed by atoms with Crippen LogP contribution >= 0.6 is 0 Å². The summed E-state index contributed by atoms with van der Waals surface area (Å²) < 4.78 is 0. The first-order valence-corrected chi connectivity index (χ1v) is 10.3. The standard InChI is InChI=1S/C30H22/c1-4-11-23(12-5-1)26-17-10-18-27(19-26)30-21-28(24-13-6-2-7-14-24)20-29(22-30)25-15-8-3-9-16-25/h1-22H. The lowest BCUT2D eigenvalue weighted by atomic mass is 9.92. The fourth-order valence-electron chi connectivity index (χ4n) is 3.90. The van der Waals surface area contributed by atoms with Crippen LogP contribution in [0.1, 0.15) is 0 Å². The molecule has 0 atom stereocenters. The van der Waals surface area contributed by atoms with Gasteiger partial charge >= 0.3 is 0 Å². The summed E-state index contributed by atoms with van der Waals surface area (Å²) in [6, 6.07) is 47.5. The predicted octanol–water partition coefficient (Wildman–Crippen LogP) is 8.35. The highest BCUT2D eigenvalue weighted by molar-refractivity contribution is 5.82. The second kappa shape index (κ2) is 8.23. The number of hydrogen-bond donors (Lipinski definition) is 0. The van der Waals surface area contributed by atoms with E-state index in [0.717, 1.165) is 0 Å². The van der Waals surface area contributed by atoms with E-state index in [1.54, 1.807) is 0 Å².